The average Bonchev–Trinajstić information content (AvgIpc) is 3.78. The predicted octanol–water partition coefficient (Wildman–Crippen LogP) is 5.19. The Bertz CT molecular complexity index is 2020. The van der Waals surface area contributed by atoms with Gasteiger partial charge in [-0.25, -0.2) is 0 Å². The fourth-order valence-electron chi connectivity index (χ4n) is 10.8. The molecular weight excluding hydrogens is 980 g/mol. The van der Waals surface area contributed by atoms with E-state index in [-0.39, 0.29) is 41.8 Å². The molecule has 3 fully saturated rings. The van der Waals surface area contributed by atoms with Gasteiger partial charge in [-0.3, -0.25) is 9.48 Å². The molecule has 3 aliphatic heterocycles. The van der Waals surface area contributed by atoms with Crippen molar-refractivity contribution in [2.24, 2.45) is 17.8 Å². The van der Waals surface area contributed by atoms with Gasteiger partial charge in [0.2, 0.25) is 0 Å². The van der Waals surface area contributed by atoms with Crippen molar-refractivity contribution < 1.29 is 76.7 Å². The lowest BCUT2D eigenvalue weighted by Crippen LogP contribution is -2.61. The SMILES string of the molecule is CC[C@H]1OC(=O)[C@H](C)[C@@H](O[C@H]2C[C@@](C)(OC)[C@@H](O)[C@H](C)O2)[C@H](C)[C@@H](O[C@@H]2O[C@H](C)C[C@H](N(C)CCc3cn(CCCOc4ccc(SC(F)(F)F)cc4)nn3)[C@H]2O)[C@](C)(O)C[C@@H](C)CN(C)[C@H](C)[C@@H](O)[C@]1(C)O. The molecular formula is C51H84F3N5O13S. The van der Waals surface area contributed by atoms with Crippen LogP contribution in [0.1, 0.15) is 107 Å². The number of alkyl halides is 3. The molecule has 4 heterocycles. The summed E-state index contributed by atoms with van der Waals surface area (Å²) in [6.45, 7) is 19.1. The van der Waals surface area contributed by atoms with Crippen molar-refractivity contribution in [3.8, 4) is 5.75 Å². The van der Waals surface area contributed by atoms with E-state index in [2.05, 4.69) is 10.3 Å². The van der Waals surface area contributed by atoms with Crippen LogP contribution in [0.15, 0.2) is 35.4 Å². The van der Waals surface area contributed by atoms with Crippen molar-refractivity contribution in [3.05, 3.63) is 36.2 Å². The van der Waals surface area contributed by atoms with Gasteiger partial charge in [0.25, 0.3) is 0 Å². The number of halogens is 3. The van der Waals surface area contributed by atoms with E-state index in [0.29, 0.717) is 51.3 Å². The fraction of sp³-hybridized carbons (Fsp3) is 0.824. The Hall–Kier alpha value is -2.71. The second-order valence-corrected chi connectivity index (χ2v) is 22.8. The molecule has 0 unspecified atom stereocenters. The van der Waals surface area contributed by atoms with E-state index in [1.807, 2.05) is 43.9 Å². The molecule has 3 saturated heterocycles. The van der Waals surface area contributed by atoms with Crippen LogP contribution in [-0.2, 0) is 46.2 Å². The number of rotatable bonds is 16. The van der Waals surface area contributed by atoms with E-state index in [4.69, 9.17) is 33.2 Å². The van der Waals surface area contributed by atoms with Crippen molar-refractivity contribution in [3.63, 3.8) is 0 Å². The maximum atomic E-state index is 14.5. The zero-order valence-electron chi connectivity index (χ0n) is 44.9. The monoisotopic (exact) mass is 1060 g/mol. The molecule has 18 nitrogen and oxygen atoms in total. The average molecular weight is 1060 g/mol. The molecule has 5 rings (SSSR count). The van der Waals surface area contributed by atoms with Crippen molar-refractivity contribution in [2.75, 3.05) is 40.9 Å². The van der Waals surface area contributed by atoms with E-state index >= 15 is 0 Å². The molecule has 0 saturated carbocycles. The van der Waals surface area contributed by atoms with Crippen LogP contribution in [0.4, 0.5) is 13.2 Å². The number of aliphatic hydroxyl groups is 5. The zero-order valence-corrected chi connectivity index (χ0v) is 45.7. The molecule has 1 aromatic heterocycles. The third-order valence-corrected chi connectivity index (χ3v) is 16.0. The number of thioether (sulfide) groups is 1. The lowest BCUT2D eigenvalue weighted by molar-refractivity contribution is -0.318. The number of nitrogens with zero attached hydrogens (tertiary/aromatic N) is 5. The highest BCUT2D eigenvalue weighted by molar-refractivity contribution is 8.00. The molecule has 18 atom stereocenters. The minimum absolute atomic E-state index is 0.0801. The van der Waals surface area contributed by atoms with Gasteiger partial charge in [-0.2, -0.15) is 13.2 Å². The minimum Gasteiger partial charge on any atom is -0.494 e. The third-order valence-electron chi connectivity index (χ3n) is 15.3. The van der Waals surface area contributed by atoms with Gasteiger partial charge >= 0.3 is 11.5 Å². The Morgan fingerprint density at radius 1 is 0.973 bits per heavy atom. The lowest BCUT2D eigenvalue weighted by atomic mass is 9.77. The number of aryl methyl sites for hydroxylation is 1. The first-order chi connectivity index (χ1) is 34.0. The Morgan fingerprint density at radius 3 is 2.27 bits per heavy atom. The first-order valence-electron chi connectivity index (χ1n) is 25.6. The highest BCUT2D eigenvalue weighted by Crippen LogP contribution is 2.41. The normalized spacial score (nSPS) is 38.9. The molecule has 418 valence electrons. The lowest BCUT2D eigenvalue weighted by Gasteiger charge is -2.49. The summed E-state index contributed by atoms with van der Waals surface area (Å²) in [4.78, 5) is 18.5. The Kier molecular flexibility index (Phi) is 21.5. The molecule has 0 radical (unpaired) electrons. The van der Waals surface area contributed by atoms with Gasteiger partial charge in [-0.1, -0.05) is 26.0 Å². The molecule has 0 bridgehead atoms. The number of ether oxygens (including phenoxy) is 7. The largest absolute Gasteiger partial charge is 0.494 e. The first-order valence-corrected chi connectivity index (χ1v) is 26.5. The van der Waals surface area contributed by atoms with Crippen LogP contribution >= 0.6 is 11.8 Å². The number of carbonyl (C=O) groups excluding carboxylic acids is 1. The summed E-state index contributed by atoms with van der Waals surface area (Å²) in [5.41, 5.74) is -8.23. The van der Waals surface area contributed by atoms with Gasteiger partial charge in [0.05, 0.1) is 53.8 Å². The first kappa shape index (κ1) is 61.1. The Morgan fingerprint density at radius 2 is 1.64 bits per heavy atom. The van der Waals surface area contributed by atoms with Crippen molar-refractivity contribution in [1.82, 2.24) is 24.8 Å². The topological polar surface area (TPSA) is 220 Å². The van der Waals surface area contributed by atoms with Crippen LogP contribution in [0.5, 0.6) is 5.75 Å². The standard InChI is InChI=1S/C51H84F3N5O13S/c1-14-39-50(10,65)43(61)33(6)58(12)27-29(2)25-48(8,64)45(31(4)42(32(5)46(63)70-39)71-40-26-49(9,66-13)44(62)34(7)69-40)72-47-41(60)38(24-30(3)68-47)57(11)22-20-35-28-59(56-55-35)21-15-23-67-36-16-18-37(19-17-36)73-51(52,53)54/h16-19,28-34,38-45,47,60-62,64-65H,14-15,20-27H2,1-13H3/t29-,30-,31+,32-,33-,34+,38+,39-,40+,41-,42+,43-,44+,45-,47+,48-,49-,50-/m1/s1. The Balaban J connectivity index is 1.35. The number of hydrogen-bond donors (Lipinski definition) is 5. The van der Waals surface area contributed by atoms with Crippen LogP contribution in [0.25, 0.3) is 0 Å². The number of carbonyl (C=O) groups is 1. The number of aromatic nitrogens is 3. The number of hydrogen-bond acceptors (Lipinski definition) is 18. The van der Waals surface area contributed by atoms with Gasteiger partial charge in [0, 0.05) is 75.1 Å². The van der Waals surface area contributed by atoms with E-state index in [9.17, 15) is 43.5 Å². The molecule has 5 N–H and O–H groups in total. The van der Waals surface area contributed by atoms with Gasteiger partial charge in [-0.05, 0) is 124 Å². The molecule has 22 heteroatoms. The molecule has 0 amide bonds. The van der Waals surface area contributed by atoms with Crippen molar-refractivity contribution >= 4 is 17.7 Å². The summed E-state index contributed by atoms with van der Waals surface area (Å²) in [7, 11) is 5.21. The van der Waals surface area contributed by atoms with Crippen LogP contribution in [-0.4, -0.2) is 193 Å². The predicted molar refractivity (Wildman–Crippen MR) is 265 cm³/mol. The van der Waals surface area contributed by atoms with Crippen molar-refractivity contribution in [1.29, 1.82) is 0 Å². The van der Waals surface area contributed by atoms with Crippen molar-refractivity contribution in [2.45, 2.75) is 215 Å². The summed E-state index contributed by atoms with van der Waals surface area (Å²) in [5.74, 6) is -2.40. The quantitative estimate of drug-likeness (QED) is 0.0830. The number of cyclic esters (lactones) is 1. The number of esters is 1. The number of benzene rings is 1. The van der Waals surface area contributed by atoms with E-state index in [1.54, 1.807) is 53.1 Å². The van der Waals surface area contributed by atoms with E-state index in [1.165, 1.54) is 38.3 Å². The third kappa shape index (κ3) is 15.9. The summed E-state index contributed by atoms with van der Waals surface area (Å²) in [6, 6.07) is 4.70. The minimum atomic E-state index is -4.36. The summed E-state index contributed by atoms with van der Waals surface area (Å²) in [6.07, 6.45) is -6.47. The molecule has 0 aliphatic carbocycles. The van der Waals surface area contributed by atoms with Crippen LogP contribution in [0.3, 0.4) is 0 Å². The number of aliphatic hydroxyl groups excluding tert-OH is 3. The van der Waals surface area contributed by atoms with Crippen LogP contribution in [0.2, 0.25) is 0 Å². The molecule has 73 heavy (non-hydrogen) atoms. The second-order valence-electron chi connectivity index (χ2n) is 21.6. The van der Waals surface area contributed by atoms with Gasteiger partial charge in [-0.15, -0.1) is 5.10 Å². The molecule has 2 aromatic rings. The zero-order chi connectivity index (χ0) is 54.4. The molecule has 1 aromatic carbocycles. The van der Waals surface area contributed by atoms with Gasteiger partial charge in [0.15, 0.2) is 12.6 Å². The maximum absolute atomic E-state index is 14.5. The second kappa shape index (κ2) is 25.6. The molecule has 0 spiro atoms. The van der Waals surface area contributed by atoms with E-state index < -0.39 is 114 Å². The summed E-state index contributed by atoms with van der Waals surface area (Å²) in [5, 5.41) is 68.2. The smallest absolute Gasteiger partial charge is 0.446 e. The Labute approximate surface area is 433 Å². The highest BCUT2D eigenvalue weighted by Gasteiger charge is 2.53. The maximum Gasteiger partial charge on any atom is 0.446 e. The van der Waals surface area contributed by atoms with Crippen LogP contribution in [0, 0.1) is 17.8 Å². The van der Waals surface area contributed by atoms with Gasteiger partial charge in [0.1, 0.15) is 35.8 Å². The highest BCUT2D eigenvalue weighted by atomic mass is 32.2. The summed E-state index contributed by atoms with van der Waals surface area (Å²) >= 11 is -0.179. The van der Waals surface area contributed by atoms with Gasteiger partial charge < -0.3 is 68.5 Å². The summed E-state index contributed by atoms with van der Waals surface area (Å²) < 4.78 is 83.7. The van der Waals surface area contributed by atoms with Crippen LogP contribution < -0.4 is 4.74 Å². The number of methoxy groups -OCH3 is 1. The molecule has 3 aliphatic rings. The van der Waals surface area contributed by atoms with E-state index in [0.717, 1.165) is 5.69 Å². The number of likely N-dealkylation sites (N-methyl/N-ethyl adjacent to an activating group) is 2. The fourth-order valence-corrected chi connectivity index (χ4v) is 11.4.